The van der Waals surface area contributed by atoms with Crippen LogP contribution in [0, 0.1) is 11.3 Å². The van der Waals surface area contributed by atoms with E-state index < -0.39 is 0 Å². The van der Waals surface area contributed by atoms with Crippen molar-refractivity contribution in [2.75, 3.05) is 23.9 Å². The summed E-state index contributed by atoms with van der Waals surface area (Å²) in [7, 11) is 0. The second kappa shape index (κ2) is 7.54. The molecule has 0 bridgehead atoms. The van der Waals surface area contributed by atoms with Gasteiger partial charge in [0.05, 0.1) is 16.8 Å². The molecule has 2 aliphatic rings. The number of carbonyl (C=O) groups excluding carboxylic acids is 1. The van der Waals surface area contributed by atoms with Crippen LogP contribution < -0.4 is 14.4 Å². The molecule has 2 aromatic carbocycles. The summed E-state index contributed by atoms with van der Waals surface area (Å²) in [6.07, 6.45) is 0.859. The Kier molecular flexibility index (Phi) is 4.72. The molecule has 0 saturated carbocycles. The molecule has 1 amide bonds. The number of thioether (sulfide) groups is 1. The molecular formula is C23H19N3O3S. The molecule has 2 aliphatic heterocycles. The third-order valence-electron chi connectivity index (χ3n) is 5.37. The van der Waals surface area contributed by atoms with E-state index in [1.54, 1.807) is 6.07 Å². The molecule has 30 heavy (non-hydrogen) atoms. The van der Waals surface area contributed by atoms with E-state index in [1.807, 2.05) is 35.2 Å². The SMILES string of the molecule is CC1Cc2ccccc2N1C(=O)CSc1nc2cc3c(cc2cc1C#N)OCCO3. The summed E-state index contributed by atoms with van der Waals surface area (Å²) >= 11 is 1.30. The third-order valence-corrected chi connectivity index (χ3v) is 6.35. The first-order valence-electron chi connectivity index (χ1n) is 9.81. The van der Waals surface area contributed by atoms with Crippen molar-refractivity contribution in [2.24, 2.45) is 0 Å². The van der Waals surface area contributed by atoms with Gasteiger partial charge in [-0.2, -0.15) is 5.26 Å². The fraction of sp³-hybridized carbons (Fsp3) is 0.261. The Morgan fingerprint density at radius 1 is 1.23 bits per heavy atom. The predicted molar refractivity (Wildman–Crippen MR) is 115 cm³/mol. The number of para-hydroxylation sites is 1. The van der Waals surface area contributed by atoms with Crippen LogP contribution in [0.3, 0.4) is 0 Å². The second-order valence-electron chi connectivity index (χ2n) is 7.38. The van der Waals surface area contributed by atoms with Crippen LogP contribution in [0.2, 0.25) is 0 Å². The number of ether oxygens (including phenoxy) is 2. The number of rotatable bonds is 3. The van der Waals surface area contributed by atoms with Gasteiger partial charge in [-0.05, 0) is 37.1 Å². The number of anilines is 1. The Balaban J connectivity index is 1.41. The van der Waals surface area contributed by atoms with E-state index in [2.05, 4.69) is 24.0 Å². The number of hydrogen-bond acceptors (Lipinski definition) is 6. The van der Waals surface area contributed by atoms with Crippen LogP contribution in [0.4, 0.5) is 5.69 Å². The summed E-state index contributed by atoms with van der Waals surface area (Å²) in [5, 5.41) is 11.0. The van der Waals surface area contributed by atoms with Gasteiger partial charge in [0, 0.05) is 23.2 Å². The Morgan fingerprint density at radius 3 is 2.80 bits per heavy atom. The molecule has 1 atom stereocenters. The van der Waals surface area contributed by atoms with Crippen molar-refractivity contribution >= 4 is 34.3 Å². The first kappa shape index (κ1) is 18.8. The Morgan fingerprint density at radius 2 is 2.00 bits per heavy atom. The highest BCUT2D eigenvalue weighted by Crippen LogP contribution is 2.36. The van der Waals surface area contributed by atoms with Gasteiger partial charge >= 0.3 is 0 Å². The summed E-state index contributed by atoms with van der Waals surface area (Å²) in [4.78, 5) is 19.5. The minimum absolute atomic E-state index is 0.0189. The molecule has 7 heteroatoms. The molecule has 0 N–H and O–H groups in total. The lowest BCUT2D eigenvalue weighted by molar-refractivity contribution is -0.116. The van der Waals surface area contributed by atoms with Crippen LogP contribution in [0.1, 0.15) is 18.1 Å². The molecule has 3 aromatic rings. The van der Waals surface area contributed by atoms with Crippen molar-refractivity contribution in [1.29, 1.82) is 5.26 Å². The fourth-order valence-electron chi connectivity index (χ4n) is 4.03. The number of nitrogens with zero attached hydrogens (tertiary/aromatic N) is 3. The number of carbonyl (C=O) groups is 1. The van der Waals surface area contributed by atoms with E-state index in [4.69, 9.17) is 9.47 Å². The average molecular weight is 417 g/mol. The highest BCUT2D eigenvalue weighted by Gasteiger charge is 2.30. The molecule has 0 spiro atoms. The lowest BCUT2D eigenvalue weighted by atomic mass is 10.1. The Bertz CT molecular complexity index is 1200. The molecule has 150 valence electrons. The van der Waals surface area contributed by atoms with E-state index in [9.17, 15) is 10.1 Å². The largest absolute Gasteiger partial charge is 0.486 e. The van der Waals surface area contributed by atoms with Gasteiger partial charge in [-0.15, -0.1) is 0 Å². The smallest absolute Gasteiger partial charge is 0.237 e. The first-order valence-corrected chi connectivity index (χ1v) is 10.8. The normalized spacial score (nSPS) is 16.9. The topological polar surface area (TPSA) is 75.5 Å². The van der Waals surface area contributed by atoms with E-state index in [0.29, 0.717) is 40.8 Å². The third kappa shape index (κ3) is 3.23. The zero-order chi connectivity index (χ0) is 20.7. The molecule has 0 aliphatic carbocycles. The fourth-order valence-corrected chi connectivity index (χ4v) is 4.85. The number of hydrogen-bond donors (Lipinski definition) is 0. The second-order valence-corrected chi connectivity index (χ2v) is 8.34. The molecule has 0 radical (unpaired) electrons. The highest BCUT2D eigenvalue weighted by atomic mass is 32.2. The summed E-state index contributed by atoms with van der Waals surface area (Å²) in [6.45, 7) is 3.06. The quantitative estimate of drug-likeness (QED) is 0.601. The van der Waals surface area contributed by atoms with Gasteiger partial charge in [0.15, 0.2) is 11.5 Å². The summed E-state index contributed by atoms with van der Waals surface area (Å²) in [6, 6.07) is 15.8. The van der Waals surface area contributed by atoms with Crippen molar-refractivity contribution < 1.29 is 14.3 Å². The van der Waals surface area contributed by atoms with Crippen molar-refractivity contribution in [3.63, 3.8) is 0 Å². The zero-order valence-corrected chi connectivity index (χ0v) is 17.2. The molecule has 1 aromatic heterocycles. The average Bonchev–Trinajstić information content (AvgIpc) is 3.11. The molecule has 1 unspecified atom stereocenters. The summed E-state index contributed by atoms with van der Waals surface area (Å²) in [5.74, 6) is 1.55. The number of benzene rings is 2. The Labute approximate surface area is 178 Å². The van der Waals surface area contributed by atoms with Gasteiger partial charge < -0.3 is 14.4 Å². The van der Waals surface area contributed by atoms with E-state index >= 15 is 0 Å². The van der Waals surface area contributed by atoms with Crippen LogP contribution in [0.5, 0.6) is 11.5 Å². The Hall–Kier alpha value is -3.24. The number of pyridine rings is 1. The molecule has 5 rings (SSSR count). The van der Waals surface area contributed by atoms with Gasteiger partial charge in [0.25, 0.3) is 0 Å². The van der Waals surface area contributed by atoms with Gasteiger partial charge in [0.2, 0.25) is 5.91 Å². The van der Waals surface area contributed by atoms with Crippen molar-refractivity contribution in [2.45, 2.75) is 24.4 Å². The highest BCUT2D eigenvalue weighted by molar-refractivity contribution is 8.00. The van der Waals surface area contributed by atoms with Crippen LogP contribution in [-0.4, -0.2) is 35.9 Å². The van der Waals surface area contributed by atoms with Gasteiger partial charge in [0.1, 0.15) is 24.3 Å². The van der Waals surface area contributed by atoms with Gasteiger partial charge in [-0.3, -0.25) is 4.79 Å². The first-order chi connectivity index (χ1) is 14.6. The summed E-state index contributed by atoms with van der Waals surface area (Å²) < 4.78 is 11.3. The molecule has 6 nitrogen and oxygen atoms in total. The minimum Gasteiger partial charge on any atom is -0.486 e. The van der Waals surface area contributed by atoms with Crippen molar-refractivity contribution in [1.82, 2.24) is 4.98 Å². The lowest BCUT2D eigenvalue weighted by Gasteiger charge is -2.22. The predicted octanol–water partition coefficient (Wildman–Crippen LogP) is 3.95. The number of aromatic nitrogens is 1. The van der Waals surface area contributed by atoms with Gasteiger partial charge in [-0.25, -0.2) is 4.98 Å². The van der Waals surface area contributed by atoms with Crippen LogP contribution >= 0.6 is 11.8 Å². The maximum atomic E-state index is 13.0. The molecular weight excluding hydrogens is 398 g/mol. The van der Waals surface area contributed by atoms with Crippen molar-refractivity contribution in [3.8, 4) is 17.6 Å². The van der Waals surface area contributed by atoms with E-state index in [0.717, 1.165) is 17.5 Å². The number of amides is 1. The van der Waals surface area contributed by atoms with E-state index in [-0.39, 0.29) is 17.7 Å². The summed E-state index contributed by atoms with van der Waals surface area (Å²) in [5.41, 5.74) is 3.34. The lowest BCUT2D eigenvalue weighted by Crippen LogP contribution is -2.37. The maximum absolute atomic E-state index is 13.0. The van der Waals surface area contributed by atoms with Crippen LogP contribution in [0.15, 0.2) is 47.5 Å². The minimum atomic E-state index is 0.0189. The van der Waals surface area contributed by atoms with E-state index in [1.165, 1.54) is 17.3 Å². The number of nitriles is 1. The van der Waals surface area contributed by atoms with Crippen molar-refractivity contribution in [3.05, 3.63) is 53.6 Å². The van der Waals surface area contributed by atoms with Gasteiger partial charge in [-0.1, -0.05) is 30.0 Å². The molecule has 3 heterocycles. The van der Waals surface area contributed by atoms with Crippen LogP contribution in [0.25, 0.3) is 10.9 Å². The molecule has 0 saturated heterocycles. The zero-order valence-electron chi connectivity index (χ0n) is 16.4. The number of fused-ring (bicyclic) bond motifs is 3. The maximum Gasteiger partial charge on any atom is 0.237 e. The standard InChI is InChI=1S/C23H19N3O3S/c1-14-8-15-4-2-3-5-19(15)26(14)22(27)13-30-23-17(12-24)9-16-10-20-21(11-18(16)25-23)29-7-6-28-20/h2-5,9-11,14H,6-8,13H2,1H3. The van der Waals surface area contributed by atoms with Crippen LogP contribution in [-0.2, 0) is 11.2 Å². The molecule has 0 fully saturated rings. The monoisotopic (exact) mass is 417 g/mol.